The quantitative estimate of drug-likeness (QED) is 0.642. The third-order valence-corrected chi connectivity index (χ3v) is 5.51. The van der Waals surface area contributed by atoms with Gasteiger partial charge in [0.15, 0.2) is 0 Å². The Balaban J connectivity index is 1.75. The van der Waals surface area contributed by atoms with E-state index in [1.165, 1.54) is 11.0 Å². The average Bonchev–Trinajstić information content (AvgIpc) is 2.72. The van der Waals surface area contributed by atoms with Crippen molar-refractivity contribution in [2.75, 3.05) is 11.4 Å². The highest BCUT2D eigenvalue weighted by Gasteiger charge is 2.28. The molecular formula is C23H17ClF2N2O2. The maximum Gasteiger partial charge on any atom is 0.264 e. The Bertz CT molecular complexity index is 1160. The van der Waals surface area contributed by atoms with Crippen molar-refractivity contribution in [3.8, 4) is 11.1 Å². The Morgan fingerprint density at radius 3 is 2.43 bits per heavy atom. The molecule has 0 aliphatic carbocycles. The van der Waals surface area contributed by atoms with Gasteiger partial charge in [-0.25, -0.2) is 8.78 Å². The number of amides is 2. The molecule has 0 saturated carbocycles. The zero-order valence-corrected chi connectivity index (χ0v) is 16.5. The molecule has 1 heterocycles. The largest absolute Gasteiger partial charge is 0.366 e. The van der Waals surface area contributed by atoms with Crippen LogP contribution in [0.15, 0.2) is 54.6 Å². The van der Waals surface area contributed by atoms with Crippen molar-refractivity contribution >= 4 is 29.1 Å². The summed E-state index contributed by atoms with van der Waals surface area (Å²) in [5.41, 5.74) is 7.98. The first-order valence-corrected chi connectivity index (χ1v) is 9.73. The van der Waals surface area contributed by atoms with Gasteiger partial charge in [0, 0.05) is 28.4 Å². The fourth-order valence-corrected chi connectivity index (χ4v) is 3.94. The van der Waals surface area contributed by atoms with Gasteiger partial charge in [-0.1, -0.05) is 23.7 Å². The second kappa shape index (κ2) is 7.88. The number of benzene rings is 3. The van der Waals surface area contributed by atoms with Gasteiger partial charge in [-0.2, -0.15) is 0 Å². The molecule has 30 heavy (non-hydrogen) atoms. The molecule has 0 bridgehead atoms. The molecule has 0 unspecified atom stereocenters. The van der Waals surface area contributed by atoms with Crippen LogP contribution in [0.5, 0.6) is 0 Å². The predicted octanol–water partition coefficient (Wildman–Crippen LogP) is 4.98. The lowest BCUT2D eigenvalue weighted by Gasteiger charge is -2.30. The standard InChI is InChI=1S/C23H17ClF2N2O2/c24-17-8-6-15(22(27)29)12-16(17)13-7-9-20-14(11-13)3-2-10-28(20)23(30)21-18(25)4-1-5-19(21)26/h1,4-9,11-12H,2-3,10H2,(H2,27,29). The first-order valence-electron chi connectivity index (χ1n) is 9.35. The van der Waals surface area contributed by atoms with E-state index < -0.39 is 29.0 Å². The van der Waals surface area contributed by atoms with Crippen molar-refractivity contribution in [1.82, 2.24) is 0 Å². The summed E-state index contributed by atoms with van der Waals surface area (Å²) in [6.07, 6.45) is 1.34. The van der Waals surface area contributed by atoms with E-state index in [9.17, 15) is 18.4 Å². The molecule has 0 spiro atoms. The molecule has 1 aliphatic rings. The van der Waals surface area contributed by atoms with Gasteiger partial charge in [0.2, 0.25) is 5.91 Å². The Morgan fingerprint density at radius 2 is 1.73 bits per heavy atom. The van der Waals surface area contributed by atoms with Gasteiger partial charge in [0.05, 0.1) is 0 Å². The lowest BCUT2D eigenvalue weighted by Crippen LogP contribution is -2.36. The minimum absolute atomic E-state index is 0.332. The van der Waals surface area contributed by atoms with Gasteiger partial charge in [-0.15, -0.1) is 0 Å². The monoisotopic (exact) mass is 426 g/mol. The van der Waals surface area contributed by atoms with Crippen molar-refractivity contribution in [2.24, 2.45) is 5.73 Å². The van der Waals surface area contributed by atoms with E-state index in [2.05, 4.69) is 0 Å². The lowest BCUT2D eigenvalue weighted by atomic mass is 9.95. The van der Waals surface area contributed by atoms with Crippen molar-refractivity contribution in [3.63, 3.8) is 0 Å². The predicted molar refractivity (Wildman–Crippen MR) is 112 cm³/mol. The van der Waals surface area contributed by atoms with E-state index in [0.29, 0.717) is 41.2 Å². The summed E-state index contributed by atoms with van der Waals surface area (Å²) in [4.78, 5) is 25.8. The van der Waals surface area contributed by atoms with Crippen molar-refractivity contribution in [2.45, 2.75) is 12.8 Å². The van der Waals surface area contributed by atoms with E-state index in [4.69, 9.17) is 17.3 Å². The molecule has 0 radical (unpaired) electrons. The van der Waals surface area contributed by atoms with E-state index in [1.54, 1.807) is 30.3 Å². The minimum atomic E-state index is -0.890. The van der Waals surface area contributed by atoms with E-state index in [0.717, 1.165) is 23.3 Å². The van der Waals surface area contributed by atoms with Gasteiger partial charge >= 0.3 is 0 Å². The van der Waals surface area contributed by atoms with Crippen LogP contribution in [-0.4, -0.2) is 18.4 Å². The number of primary amides is 1. The fraction of sp³-hybridized carbons (Fsp3) is 0.130. The number of carbonyl (C=O) groups is 2. The maximum absolute atomic E-state index is 14.1. The first kappa shape index (κ1) is 20.0. The summed E-state index contributed by atoms with van der Waals surface area (Å²) in [7, 11) is 0. The van der Waals surface area contributed by atoms with E-state index in [-0.39, 0.29) is 0 Å². The molecule has 0 saturated heterocycles. The normalized spacial score (nSPS) is 13.1. The Labute approximate surface area is 176 Å². The third-order valence-electron chi connectivity index (χ3n) is 5.18. The molecular weight excluding hydrogens is 410 g/mol. The highest BCUT2D eigenvalue weighted by Crippen LogP contribution is 2.35. The first-order chi connectivity index (χ1) is 14.4. The molecule has 7 heteroatoms. The molecule has 4 rings (SSSR count). The smallest absolute Gasteiger partial charge is 0.264 e. The van der Waals surface area contributed by atoms with Crippen LogP contribution in [0.2, 0.25) is 5.02 Å². The highest BCUT2D eigenvalue weighted by molar-refractivity contribution is 6.33. The molecule has 0 aromatic heterocycles. The maximum atomic E-state index is 14.1. The SMILES string of the molecule is NC(=O)c1ccc(Cl)c(-c2ccc3c(c2)CCCN3C(=O)c2c(F)cccc2F)c1. The summed E-state index contributed by atoms with van der Waals surface area (Å²) in [6, 6.07) is 13.5. The molecule has 3 aromatic rings. The van der Waals surface area contributed by atoms with Gasteiger partial charge < -0.3 is 10.6 Å². The molecule has 0 atom stereocenters. The Morgan fingerprint density at radius 1 is 1.00 bits per heavy atom. The van der Waals surface area contributed by atoms with Gasteiger partial charge in [-0.05, 0) is 66.4 Å². The molecule has 2 amide bonds. The van der Waals surface area contributed by atoms with Crippen molar-refractivity contribution < 1.29 is 18.4 Å². The van der Waals surface area contributed by atoms with Crippen molar-refractivity contribution in [3.05, 3.63) is 87.9 Å². The minimum Gasteiger partial charge on any atom is -0.366 e. The summed E-state index contributed by atoms with van der Waals surface area (Å²) in [5.74, 6) is -3.06. The number of nitrogens with zero attached hydrogens (tertiary/aromatic N) is 1. The number of hydrogen-bond acceptors (Lipinski definition) is 2. The highest BCUT2D eigenvalue weighted by atomic mass is 35.5. The van der Waals surface area contributed by atoms with E-state index >= 15 is 0 Å². The van der Waals surface area contributed by atoms with Gasteiger partial charge in [0.1, 0.15) is 17.2 Å². The Kier molecular flexibility index (Phi) is 5.26. The number of aryl methyl sites for hydroxylation is 1. The fourth-order valence-electron chi connectivity index (χ4n) is 3.71. The number of nitrogens with two attached hydrogens (primary N) is 1. The summed E-state index contributed by atoms with van der Waals surface area (Å²) in [5, 5.41) is 0.456. The van der Waals surface area contributed by atoms with Crippen LogP contribution in [0.1, 0.15) is 32.7 Å². The van der Waals surface area contributed by atoms with Crippen LogP contribution >= 0.6 is 11.6 Å². The molecule has 4 nitrogen and oxygen atoms in total. The number of rotatable bonds is 3. The average molecular weight is 427 g/mol. The van der Waals surface area contributed by atoms with Crippen LogP contribution in [0, 0.1) is 11.6 Å². The van der Waals surface area contributed by atoms with Crippen LogP contribution in [0.4, 0.5) is 14.5 Å². The molecule has 1 aliphatic heterocycles. The topological polar surface area (TPSA) is 63.4 Å². The van der Waals surface area contributed by atoms with E-state index in [1.807, 2.05) is 6.07 Å². The number of hydrogen-bond donors (Lipinski definition) is 1. The number of anilines is 1. The zero-order chi connectivity index (χ0) is 21.4. The van der Waals surface area contributed by atoms with Gasteiger partial charge in [0.25, 0.3) is 5.91 Å². The van der Waals surface area contributed by atoms with Crippen molar-refractivity contribution in [1.29, 1.82) is 0 Å². The summed E-state index contributed by atoms with van der Waals surface area (Å²) in [6.45, 7) is 0.358. The third kappa shape index (κ3) is 3.55. The molecule has 3 aromatic carbocycles. The molecule has 2 N–H and O–H groups in total. The van der Waals surface area contributed by atoms with Crippen LogP contribution in [-0.2, 0) is 6.42 Å². The zero-order valence-electron chi connectivity index (χ0n) is 15.8. The lowest BCUT2D eigenvalue weighted by molar-refractivity contribution is 0.0974. The second-order valence-electron chi connectivity index (χ2n) is 7.06. The van der Waals surface area contributed by atoms with Gasteiger partial charge in [-0.3, -0.25) is 9.59 Å². The molecule has 0 fully saturated rings. The van der Waals surface area contributed by atoms with Crippen LogP contribution in [0.3, 0.4) is 0 Å². The molecule has 152 valence electrons. The van der Waals surface area contributed by atoms with Crippen LogP contribution < -0.4 is 10.6 Å². The van der Waals surface area contributed by atoms with Crippen LogP contribution in [0.25, 0.3) is 11.1 Å². The number of halogens is 3. The number of carbonyl (C=O) groups excluding carboxylic acids is 2. The summed E-state index contributed by atoms with van der Waals surface area (Å²) >= 11 is 6.31. The number of fused-ring (bicyclic) bond motifs is 1. The summed E-state index contributed by atoms with van der Waals surface area (Å²) < 4.78 is 28.2. The Hall–Kier alpha value is -3.25. The second-order valence-corrected chi connectivity index (χ2v) is 7.47.